The van der Waals surface area contributed by atoms with Crippen molar-refractivity contribution in [2.75, 3.05) is 0 Å². The Morgan fingerprint density at radius 1 is 0.758 bits per heavy atom. The minimum Gasteiger partial charge on any atom is -0.872 e. The van der Waals surface area contributed by atoms with Crippen LogP contribution < -0.4 is 10.2 Å². The van der Waals surface area contributed by atoms with Crippen LogP contribution in [0.4, 0.5) is 0 Å². The summed E-state index contributed by atoms with van der Waals surface area (Å²) in [6, 6.07) is 33.4. The molecule has 4 aromatic carbocycles. The first-order valence-electron chi connectivity index (χ1n) is 10.7. The maximum Gasteiger partial charge on any atom is 2.00 e. The summed E-state index contributed by atoms with van der Waals surface area (Å²) in [5, 5.41) is 27.4. The van der Waals surface area contributed by atoms with Crippen LogP contribution in [0.2, 0.25) is 0 Å². The molecule has 169 valence electrons. The second kappa shape index (κ2) is 11.1. The van der Waals surface area contributed by atoms with Gasteiger partial charge in [-0.15, -0.1) is 0 Å². The predicted molar refractivity (Wildman–Crippen MR) is 126 cm³/mol. The molecule has 0 amide bonds. The summed E-state index contributed by atoms with van der Waals surface area (Å²) in [4.78, 5) is 4.78. The van der Waals surface area contributed by atoms with E-state index in [2.05, 4.69) is 0 Å². The molecule has 0 bridgehead atoms. The van der Waals surface area contributed by atoms with E-state index in [-0.39, 0.29) is 22.8 Å². The van der Waals surface area contributed by atoms with Gasteiger partial charge in [0.1, 0.15) is 0 Å². The smallest absolute Gasteiger partial charge is 0.872 e. The van der Waals surface area contributed by atoms with Crippen molar-refractivity contribution >= 4 is 6.21 Å². The van der Waals surface area contributed by atoms with Gasteiger partial charge >= 0.3 is 17.1 Å². The standard InChI is InChI=1S/C29H26NO2.Cu/c1-22-12-11-15-24(28(22)31)21-30-27(20-23-13-5-2-6-14-23)29(32,25-16-7-3-8-17-25)26-18-9-4-10-19-26;/h2-19,21,27,31H,20H2,1H3;/q-1;+2/p-1/t27-;/m0./s1. The van der Waals surface area contributed by atoms with E-state index in [1.807, 2.05) is 97.1 Å². The molecule has 4 heteroatoms. The van der Waals surface area contributed by atoms with Crippen LogP contribution in [-0.4, -0.2) is 12.3 Å². The molecule has 0 fully saturated rings. The third kappa shape index (κ3) is 5.43. The summed E-state index contributed by atoms with van der Waals surface area (Å²) in [6.45, 7) is 1.78. The van der Waals surface area contributed by atoms with Gasteiger partial charge in [-0.1, -0.05) is 132 Å². The summed E-state index contributed by atoms with van der Waals surface area (Å²) in [6.07, 6.45) is 2.02. The molecule has 1 radical (unpaired) electrons. The average Bonchev–Trinajstić information content (AvgIpc) is 2.85. The first kappa shape index (κ1) is 24.5. The van der Waals surface area contributed by atoms with Gasteiger partial charge in [0.15, 0.2) is 0 Å². The summed E-state index contributed by atoms with van der Waals surface area (Å²) in [5.41, 5.74) is 1.85. The Morgan fingerprint density at radius 3 is 1.82 bits per heavy atom. The van der Waals surface area contributed by atoms with Crippen LogP contribution in [-0.2, 0) is 29.1 Å². The molecular formula is C29H25CuNO2. The second-order valence-electron chi connectivity index (χ2n) is 7.94. The molecule has 0 saturated heterocycles. The molecule has 0 unspecified atom stereocenters. The van der Waals surface area contributed by atoms with E-state index >= 15 is 0 Å². The van der Waals surface area contributed by atoms with Crippen molar-refractivity contribution in [2.45, 2.75) is 25.0 Å². The van der Waals surface area contributed by atoms with Crippen molar-refractivity contribution in [2.24, 2.45) is 4.99 Å². The van der Waals surface area contributed by atoms with Gasteiger partial charge in [-0.2, -0.15) is 0 Å². The van der Waals surface area contributed by atoms with Gasteiger partial charge in [-0.05, 0) is 30.1 Å². The fourth-order valence-electron chi connectivity index (χ4n) is 4.01. The number of rotatable bonds is 7. The predicted octanol–water partition coefficient (Wildman–Crippen LogP) is 4.40. The van der Waals surface area contributed by atoms with Gasteiger partial charge in [-0.3, -0.25) is 4.99 Å². The minimum absolute atomic E-state index is 0. The van der Waals surface area contributed by atoms with Crippen LogP contribution >= 0.6 is 0 Å². The van der Waals surface area contributed by atoms with E-state index in [0.29, 0.717) is 28.7 Å². The molecule has 0 N–H and O–H groups in total. The average molecular weight is 483 g/mol. The van der Waals surface area contributed by atoms with Gasteiger partial charge < -0.3 is 10.2 Å². The molecule has 0 aliphatic heterocycles. The van der Waals surface area contributed by atoms with Crippen LogP contribution in [0, 0.1) is 6.92 Å². The Kier molecular flexibility index (Phi) is 8.24. The van der Waals surface area contributed by atoms with E-state index in [9.17, 15) is 10.2 Å². The quantitative estimate of drug-likeness (QED) is 0.289. The van der Waals surface area contributed by atoms with Gasteiger partial charge in [0.25, 0.3) is 0 Å². The minimum atomic E-state index is -1.62. The zero-order chi connectivity index (χ0) is 22.4. The van der Waals surface area contributed by atoms with Crippen LogP contribution in [0.15, 0.2) is 114 Å². The number of hydrogen-bond donors (Lipinski definition) is 0. The molecular weight excluding hydrogens is 458 g/mol. The summed E-state index contributed by atoms with van der Waals surface area (Å²) in [7, 11) is 0. The Hall–Kier alpha value is -3.17. The maximum absolute atomic E-state index is 14.8. The number of para-hydroxylation sites is 1. The van der Waals surface area contributed by atoms with Crippen molar-refractivity contribution in [3.05, 3.63) is 137 Å². The molecule has 0 spiro atoms. The Morgan fingerprint density at radius 2 is 1.27 bits per heavy atom. The molecule has 33 heavy (non-hydrogen) atoms. The number of nitrogens with zero attached hydrogens (tertiary/aromatic N) is 1. The van der Waals surface area contributed by atoms with Crippen molar-refractivity contribution < 1.29 is 27.3 Å². The van der Waals surface area contributed by atoms with Crippen molar-refractivity contribution in [3.63, 3.8) is 0 Å². The van der Waals surface area contributed by atoms with Crippen LogP contribution in [0.1, 0.15) is 27.8 Å². The Labute approximate surface area is 206 Å². The van der Waals surface area contributed by atoms with E-state index in [1.165, 1.54) is 0 Å². The molecule has 3 nitrogen and oxygen atoms in total. The second-order valence-corrected chi connectivity index (χ2v) is 7.94. The topological polar surface area (TPSA) is 58.5 Å². The largest absolute Gasteiger partial charge is 2.00 e. The number of aliphatic imine (C=N–C) groups is 1. The third-order valence-electron chi connectivity index (χ3n) is 5.78. The zero-order valence-electron chi connectivity index (χ0n) is 18.3. The molecule has 0 aromatic heterocycles. The van der Waals surface area contributed by atoms with Crippen LogP contribution in [0.3, 0.4) is 0 Å². The fraction of sp³-hybridized carbons (Fsp3) is 0.138. The van der Waals surface area contributed by atoms with Crippen molar-refractivity contribution in [1.29, 1.82) is 0 Å². The van der Waals surface area contributed by atoms with Crippen LogP contribution in [0.5, 0.6) is 5.75 Å². The summed E-state index contributed by atoms with van der Waals surface area (Å²) < 4.78 is 0. The molecule has 4 aromatic rings. The van der Waals surface area contributed by atoms with Crippen molar-refractivity contribution in [1.82, 2.24) is 0 Å². The number of aryl methyl sites for hydroxylation is 1. The number of hydrogen-bond acceptors (Lipinski definition) is 3. The van der Waals surface area contributed by atoms with E-state index in [1.54, 1.807) is 25.3 Å². The first-order valence-corrected chi connectivity index (χ1v) is 10.7. The normalized spacial score (nSPS) is 12.3. The molecule has 0 aliphatic rings. The summed E-state index contributed by atoms with van der Waals surface area (Å²) in [5.74, 6) is -0.0642. The van der Waals surface area contributed by atoms with Gasteiger partial charge in [-0.25, -0.2) is 0 Å². The zero-order valence-corrected chi connectivity index (χ0v) is 19.3. The molecule has 0 saturated carbocycles. The first-order chi connectivity index (χ1) is 15.6. The van der Waals surface area contributed by atoms with Crippen molar-refractivity contribution in [3.8, 4) is 5.75 Å². The molecule has 0 heterocycles. The Balaban J connectivity index is 0.00000306. The van der Waals surface area contributed by atoms with Gasteiger partial charge in [0.05, 0.1) is 6.04 Å². The monoisotopic (exact) mass is 482 g/mol. The molecule has 0 aliphatic carbocycles. The molecule has 4 rings (SSSR count). The maximum atomic E-state index is 14.8. The number of benzene rings is 4. The van der Waals surface area contributed by atoms with Crippen LogP contribution in [0.25, 0.3) is 0 Å². The van der Waals surface area contributed by atoms with Gasteiger partial charge in [0, 0.05) is 6.21 Å². The van der Waals surface area contributed by atoms with Gasteiger partial charge in [0.2, 0.25) is 0 Å². The van der Waals surface area contributed by atoms with E-state index < -0.39 is 11.6 Å². The SMILES string of the molecule is Cc1cccc(C=N[C@@H](Cc2ccccc2)C([O-])(c2ccccc2)c2ccccc2)c1[O-].[Cu+2]. The Bertz CT molecular complexity index is 1140. The molecule has 1 atom stereocenters. The van der Waals surface area contributed by atoms with E-state index in [0.717, 1.165) is 5.56 Å². The fourth-order valence-corrected chi connectivity index (χ4v) is 4.01. The van der Waals surface area contributed by atoms with E-state index in [4.69, 9.17) is 4.99 Å². The third-order valence-corrected chi connectivity index (χ3v) is 5.78. The summed E-state index contributed by atoms with van der Waals surface area (Å²) >= 11 is 0.